The number of aliphatic carboxylic acids is 1. The number of carboxylic acid groups (broad SMARTS) is 1. The molecular formula is C57H115N7O26. The Morgan fingerprint density at radius 2 is 0.556 bits per heavy atom. The second-order valence-corrected chi connectivity index (χ2v) is 18.6. The second-order valence-electron chi connectivity index (χ2n) is 18.6. The van der Waals surface area contributed by atoms with E-state index in [4.69, 9.17) is 117 Å². The first-order valence-corrected chi connectivity index (χ1v) is 31.1. The predicted octanol–water partition coefficient (Wildman–Crippen LogP) is -2.97. The Bertz CT molecular complexity index is 1480. The van der Waals surface area contributed by atoms with Crippen LogP contribution in [0.4, 0.5) is 0 Å². The highest BCUT2D eigenvalue weighted by Crippen LogP contribution is 2.10. The number of carboxylic acids is 1. The fraction of sp³-hybridized carbons (Fsp3) is 0.912. The molecule has 0 aliphatic heterocycles. The van der Waals surface area contributed by atoms with Crippen molar-refractivity contribution in [2.75, 3.05) is 297 Å². The molecule has 33 heteroatoms. The molecule has 0 radical (unpaired) electrons. The lowest BCUT2D eigenvalue weighted by Gasteiger charge is -2.32. The average Bonchev–Trinajstić information content (AvgIpc) is 3.35. The van der Waals surface area contributed by atoms with Crippen LogP contribution in [0.15, 0.2) is 0 Å². The fourth-order valence-electron chi connectivity index (χ4n) is 6.44. The van der Waals surface area contributed by atoms with Crippen molar-refractivity contribution in [3.63, 3.8) is 0 Å². The van der Waals surface area contributed by atoms with Gasteiger partial charge in [0.1, 0.15) is 5.54 Å². The van der Waals surface area contributed by atoms with Crippen LogP contribution < -0.4 is 38.5 Å². The van der Waals surface area contributed by atoms with Crippen LogP contribution in [0.2, 0.25) is 0 Å². The molecule has 11 N–H and O–H groups in total. The monoisotopic (exact) mass is 1310 g/mol. The van der Waals surface area contributed by atoms with E-state index in [0.29, 0.717) is 244 Å². The molecule has 0 fully saturated rings. The van der Waals surface area contributed by atoms with Gasteiger partial charge in [0.2, 0.25) is 24.1 Å². The second kappa shape index (κ2) is 76.1. The summed E-state index contributed by atoms with van der Waals surface area (Å²) in [7, 11) is 0. The maximum absolute atomic E-state index is 12.4. The molecule has 0 rings (SSSR count). The SMILES string of the molecule is CCCOCCOCCOCCOCCOCCC(=O)O.NCCOCCOCCOCCOCCNC(=O)CCOCC(COCCC(=O)NCCOCCOCCOCCOCN)(COCCC(=O)NCCOCCOCCOCCOCCN)NC=O. The standard InChI is InChI=1S/C43H87N7O19.C14H28O7/c44-4-12-55-17-22-60-27-29-62-24-19-57-14-6-47-40(52)1-9-66-35-43(50-39-51,37-68-11-3-42(54)49-8-16-59-21-26-64-31-32-65-33-34-69-38-46)36-67-10-2-41(53)48-7-15-58-20-25-63-30-28-61-23-18-56-13-5-45;1-2-4-17-6-8-19-10-12-21-13-11-20-9-7-18-5-3-14(15)16/h39H,1-38,44-46H2,(H,47,52)(H,48,53)(H,49,54)(H,50,51);2-13H2,1H3,(H,15,16). The first-order valence-electron chi connectivity index (χ1n) is 31.1. The maximum atomic E-state index is 12.4. The number of rotatable bonds is 75. The number of nitrogens with two attached hydrogens (primary N) is 3. The van der Waals surface area contributed by atoms with Crippen molar-refractivity contribution in [2.24, 2.45) is 17.2 Å². The van der Waals surface area contributed by atoms with E-state index in [0.717, 1.165) is 13.0 Å². The Hall–Kier alpha value is -3.57. The highest BCUT2D eigenvalue weighted by atomic mass is 16.6. The van der Waals surface area contributed by atoms with Gasteiger partial charge in [0.15, 0.2) is 0 Å². The molecule has 0 saturated carbocycles. The van der Waals surface area contributed by atoms with E-state index in [-0.39, 0.29) is 96.4 Å². The summed E-state index contributed by atoms with van der Waals surface area (Å²) in [5.74, 6) is -1.63. The van der Waals surface area contributed by atoms with Crippen LogP contribution in [0, 0.1) is 0 Å². The predicted molar refractivity (Wildman–Crippen MR) is 326 cm³/mol. The Morgan fingerprint density at radius 3 is 0.800 bits per heavy atom. The molecule has 0 saturated heterocycles. The molecule has 0 bridgehead atoms. The normalized spacial score (nSPS) is 11.4. The van der Waals surface area contributed by atoms with E-state index < -0.39 is 11.5 Å². The van der Waals surface area contributed by atoms with Crippen LogP contribution >= 0.6 is 0 Å². The van der Waals surface area contributed by atoms with E-state index in [2.05, 4.69) is 28.2 Å². The summed E-state index contributed by atoms with van der Waals surface area (Å²) in [6.07, 6.45) is 1.64. The zero-order chi connectivity index (χ0) is 65.8. The molecule has 0 aromatic carbocycles. The first kappa shape index (κ1) is 88.5. The van der Waals surface area contributed by atoms with Gasteiger partial charge in [-0.3, -0.25) is 24.0 Å². The van der Waals surface area contributed by atoms with Crippen molar-refractivity contribution in [3.05, 3.63) is 0 Å². The Balaban J connectivity index is 0. The Labute approximate surface area is 532 Å². The lowest BCUT2D eigenvalue weighted by molar-refractivity contribution is -0.138. The van der Waals surface area contributed by atoms with Crippen LogP contribution in [0.25, 0.3) is 0 Å². The summed E-state index contributed by atoms with van der Waals surface area (Å²) in [4.78, 5) is 59.3. The molecule has 0 aliphatic rings. The molecule has 33 nitrogen and oxygen atoms in total. The number of carbonyl (C=O) groups excluding carboxylic acids is 4. The highest BCUT2D eigenvalue weighted by Gasteiger charge is 2.31. The van der Waals surface area contributed by atoms with Crippen molar-refractivity contribution >= 4 is 30.1 Å². The molecule has 0 spiro atoms. The van der Waals surface area contributed by atoms with E-state index in [1.165, 1.54) is 0 Å². The van der Waals surface area contributed by atoms with Crippen molar-refractivity contribution < 1.29 is 124 Å². The first-order chi connectivity index (χ1) is 44.2. The molecule has 90 heavy (non-hydrogen) atoms. The third-order valence-corrected chi connectivity index (χ3v) is 10.9. The molecule has 534 valence electrons. The summed E-state index contributed by atoms with van der Waals surface area (Å²) < 4.78 is 108. The van der Waals surface area contributed by atoms with Crippen molar-refractivity contribution in [2.45, 2.75) is 44.6 Å². The van der Waals surface area contributed by atoms with Crippen molar-refractivity contribution in [1.29, 1.82) is 0 Å². The zero-order valence-corrected chi connectivity index (χ0v) is 53.8. The van der Waals surface area contributed by atoms with Gasteiger partial charge in [-0.2, -0.15) is 0 Å². The van der Waals surface area contributed by atoms with Gasteiger partial charge in [0.25, 0.3) is 0 Å². The Kier molecular flexibility index (Phi) is 74.9. The summed E-state index contributed by atoms with van der Waals surface area (Å²) >= 11 is 0. The van der Waals surface area contributed by atoms with Gasteiger partial charge in [0, 0.05) is 58.6 Å². The third kappa shape index (κ3) is 73.5. The minimum absolute atomic E-state index is 0.0204. The number of carbonyl (C=O) groups is 5. The van der Waals surface area contributed by atoms with Gasteiger partial charge in [-0.1, -0.05) is 6.92 Å². The third-order valence-electron chi connectivity index (χ3n) is 10.9. The lowest BCUT2D eigenvalue weighted by Crippen LogP contribution is -2.56. The van der Waals surface area contributed by atoms with Crippen molar-refractivity contribution in [3.8, 4) is 0 Å². The quantitative estimate of drug-likeness (QED) is 0.0171. The molecule has 0 unspecified atom stereocenters. The molecular weight excluding hydrogens is 1200 g/mol. The highest BCUT2D eigenvalue weighted by molar-refractivity contribution is 5.76. The van der Waals surface area contributed by atoms with E-state index >= 15 is 0 Å². The summed E-state index contributed by atoms with van der Waals surface area (Å²) in [5.41, 5.74) is 14.8. The van der Waals surface area contributed by atoms with Gasteiger partial charge in [-0.25, -0.2) is 0 Å². The number of amides is 4. The van der Waals surface area contributed by atoms with Crippen LogP contribution in [0.1, 0.15) is 39.0 Å². The maximum Gasteiger partial charge on any atom is 0.305 e. The van der Waals surface area contributed by atoms with E-state index in [1.807, 2.05) is 0 Å². The van der Waals surface area contributed by atoms with Gasteiger partial charge >= 0.3 is 5.97 Å². The van der Waals surface area contributed by atoms with Gasteiger partial charge in [0.05, 0.1) is 264 Å². The molecule has 4 amide bonds. The van der Waals surface area contributed by atoms with Crippen LogP contribution in [0.3, 0.4) is 0 Å². The fourth-order valence-corrected chi connectivity index (χ4v) is 6.44. The van der Waals surface area contributed by atoms with E-state index in [9.17, 15) is 24.0 Å². The zero-order valence-electron chi connectivity index (χ0n) is 53.8. The Morgan fingerprint density at radius 1 is 0.322 bits per heavy atom. The minimum Gasteiger partial charge on any atom is -0.481 e. The minimum atomic E-state index is -1.20. The van der Waals surface area contributed by atoms with Gasteiger partial charge < -0.3 is 138 Å². The van der Waals surface area contributed by atoms with Gasteiger partial charge in [-0.05, 0) is 6.42 Å². The summed E-state index contributed by atoms with van der Waals surface area (Å²) in [5, 5.41) is 19.4. The van der Waals surface area contributed by atoms with Crippen molar-refractivity contribution in [1.82, 2.24) is 21.3 Å². The molecule has 0 atom stereocenters. The largest absolute Gasteiger partial charge is 0.481 e. The molecule has 0 heterocycles. The average molecular weight is 1310 g/mol. The van der Waals surface area contributed by atoms with Crippen LogP contribution in [0.5, 0.6) is 0 Å². The number of nitrogens with one attached hydrogen (secondary N) is 4. The van der Waals surface area contributed by atoms with Crippen LogP contribution in [-0.4, -0.2) is 338 Å². The van der Waals surface area contributed by atoms with Crippen LogP contribution in [-0.2, 0) is 119 Å². The van der Waals surface area contributed by atoms with E-state index in [1.54, 1.807) is 0 Å². The van der Waals surface area contributed by atoms with Gasteiger partial charge in [-0.15, -0.1) is 0 Å². The summed E-state index contributed by atoms with van der Waals surface area (Å²) in [6, 6.07) is 0. The number of ether oxygens (including phenoxy) is 20. The smallest absolute Gasteiger partial charge is 0.305 e. The summed E-state index contributed by atoms with van der Waals surface area (Å²) in [6.45, 7) is 18.4. The number of hydrogen-bond donors (Lipinski definition) is 8. The topological polar surface area (TPSA) is 416 Å². The molecule has 0 aromatic rings. The lowest BCUT2D eigenvalue weighted by atomic mass is 10.0. The molecule has 0 aliphatic carbocycles. The molecule has 0 aromatic heterocycles. The number of hydrogen-bond acceptors (Lipinski definition) is 28.